The Labute approximate surface area is 208 Å². The predicted octanol–water partition coefficient (Wildman–Crippen LogP) is 4.75. The van der Waals surface area contributed by atoms with Gasteiger partial charge in [-0.15, -0.1) is 11.3 Å². The number of anilines is 2. The van der Waals surface area contributed by atoms with Gasteiger partial charge in [0.15, 0.2) is 0 Å². The molecule has 1 atom stereocenters. The number of carbonyl (C=O) groups excluding carboxylic acids is 3. The first-order valence-corrected chi connectivity index (χ1v) is 13.0. The molecular weight excluding hydrogens is 474 g/mol. The van der Waals surface area contributed by atoms with Gasteiger partial charge in [-0.2, -0.15) is 0 Å². The summed E-state index contributed by atoms with van der Waals surface area (Å²) in [7, 11) is 0. The van der Waals surface area contributed by atoms with Gasteiger partial charge in [0, 0.05) is 22.1 Å². The molecule has 0 bridgehead atoms. The largest absolute Gasteiger partial charge is 0.466 e. The average Bonchev–Trinajstić information content (AvgIpc) is 3.18. The van der Waals surface area contributed by atoms with Gasteiger partial charge < -0.3 is 15.4 Å². The fourth-order valence-electron chi connectivity index (χ4n) is 4.64. The first-order chi connectivity index (χ1) is 16.4. The number of hydrogen-bond acceptors (Lipinski definition) is 6. The molecule has 2 heterocycles. The normalized spacial score (nSPS) is 18.1. The SMILES string of the molecule is CCOC(=O)[C@@H]1CCCN(CC(=O)Nc2sc3c(c2C(=O)Nc2ccc(Cl)cc2)CCCC3)C1. The standard InChI is InChI=1S/C25H30ClN3O4S/c1-2-33-25(32)16-6-5-13-29(14-16)15-21(30)28-24-22(19-7-3-4-8-20(19)34-24)23(31)27-18-11-9-17(26)10-12-18/h9-12,16H,2-8,13-15H2,1H3,(H,27,31)(H,28,30)/t16-/m1/s1. The number of carbonyl (C=O) groups is 3. The van der Waals surface area contributed by atoms with Gasteiger partial charge in [0.1, 0.15) is 5.00 Å². The van der Waals surface area contributed by atoms with Crippen LogP contribution in [-0.4, -0.2) is 48.9 Å². The maximum absolute atomic E-state index is 13.3. The molecule has 0 spiro atoms. The molecule has 0 saturated carbocycles. The van der Waals surface area contributed by atoms with Crippen LogP contribution in [0.5, 0.6) is 0 Å². The third-order valence-electron chi connectivity index (χ3n) is 6.25. The van der Waals surface area contributed by atoms with Gasteiger partial charge in [0.25, 0.3) is 5.91 Å². The Kier molecular flexibility index (Phi) is 8.24. The Morgan fingerprint density at radius 3 is 2.65 bits per heavy atom. The van der Waals surface area contributed by atoms with E-state index < -0.39 is 0 Å². The van der Waals surface area contributed by atoms with E-state index in [-0.39, 0.29) is 30.2 Å². The second kappa shape index (κ2) is 11.3. The predicted molar refractivity (Wildman–Crippen MR) is 135 cm³/mol. The first-order valence-electron chi connectivity index (χ1n) is 11.8. The minimum absolute atomic E-state index is 0.177. The molecule has 0 unspecified atom stereocenters. The van der Waals surface area contributed by atoms with Crippen LogP contribution >= 0.6 is 22.9 Å². The molecular formula is C25H30ClN3O4S. The van der Waals surface area contributed by atoms with Crippen molar-refractivity contribution in [2.75, 3.05) is 36.9 Å². The number of likely N-dealkylation sites (tertiary alicyclic amines) is 1. The monoisotopic (exact) mass is 503 g/mol. The van der Waals surface area contributed by atoms with Crippen LogP contribution in [-0.2, 0) is 27.2 Å². The van der Waals surface area contributed by atoms with E-state index in [0.717, 1.165) is 50.6 Å². The number of amides is 2. The lowest BCUT2D eigenvalue weighted by molar-refractivity contribution is -0.150. The smallest absolute Gasteiger partial charge is 0.310 e. The van der Waals surface area contributed by atoms with Crippen molar-refractivity contribution in [1.82, 2.24) is 4.90 Å². The number of nitrogens with one attached hydrogen (secondary N) is 2. The van der Waals surface area contributed by atoms with Gasteiger partial charge in [-0.3, -0.25) is 19.3 Å². The number of rotatable bonds is 7. The van der Waals surface area contributed by atoms with Crippen LogP contribution in [0.4, 0.5) is 10.7 Å². The molecule has 2 amide bonds. The second-order valence-electron chi connectivity index (χ2n) is 8.75. The van der Waals surface area contributed by atoms with Crippen molar-refractivity contribution < 1.29 is 19.1 Å². The Hall–Kier alpha value is -2.42. The van der Waals surface area contributed by atoms with Crippen molar-refractivity contribution in [2.24, 2.45) is 5.92 Å². The van der Waals surface area contributed by atoms with Crippen LogP contribution in [0.25, 0.3) is 0 Å². The van der Waals surface area contributed by atoms with Crippen molar-refractivity contribution >= 4 is 51.4 Å². The summed E-state index contributed by atoms with van der Waals surface area (Å²) in [6.07, 6.45) is 5.49. The van der Waals surface area contributed by atoms with Crippen molar-refractivity contribution in [3.05, 3.63) is 45.3 Å². The van der Waals surface area contributed by atoms with E-state index in [0.29, 0.717) is 34.4 Å². The topological polar surface area (TPSA) is 87.7 Å². The van der Waals surface area contributed by atoms with Crippen LogP contribution < -0.4 is 10.6 Å². The Bertz CT molecular complexity index is 1050. The summed E-state index contributed by atoms with van der Waals surface area (Å²) in [5.41, 5.74) is 2.25. The number of esters is 1. The van der Waals surface area contributed by atoms with Gasteiger partial charge in [0.05, 0.1) is 24.6 Å². The summed E-state index contributed by atoms with van der Waals surface area (Å²) >= 11 is 7.46. The van der Waals surface area contributed by atoms with Crippen LogP contribution in [0.1, 0.15) is 53.4 Å². The molecule has 7 nitrogen and oxygen atoms in total. The van der Waals surface area contributed by atoms with Gasteiger partial charge >= 0.3 is 5.97 Å². The number of benzene rings is 1. The molecule has 182 valence electrons. The maximum Gasteiger partial charge on any atom is 0.310 e. The molecule has 34 heavy (non-hydrogen) atoms. The van der Waals surface area contributed by atoms with Crippen molar-refractivity contribution in [3.8, 4) is 0 Å². The Morgan fingerprint density at radius 2 is 1.88 bits per heavy atom. The lowest BCUT2D eigenvalue weighted by atomic mass is 9.95. The van der Waals surface area contributed by atoms with E-state index in [9.17, 15) is 14.4 Å². The quantitative estimate of drug-likeness (QED) is 0.532. The molecule has 1 fully saturated rings. The minimum atomic E-state index is -0.225. The average molecular weight is 504 g/mol. The van der Waals surface area contributed by atoms with E-state index >= 15 is 0 Å². The number of hydrogen-bond donors (Lipinski definition) is 2. The zero-order valence-electron chi connectivity index (χ0n) is 19.3. The molecule has 1 aromatic heterocycles. The molecule has 1 aromatic carbocycles. The number of piperidine rings is 1. The summed E-state index contributed by atoms with van der Waals surface area (Å²) in [6, 6.07) is 6.97. The molecule has 2 aromatic rings. The Morgan fingerprint density at radius 1 is 1.12 bits per heavy atom. The van der Waals surface area contributed by atoms with Crippen LogP contribution in [0.2, 0.25) is 5.02 Å². The van der Waals surface area contributed by atoms with Gasteiger partial charge in [-0.1, -0.05) is 11.6 Å². The van der Waals surface area contributed by atoms with Crippen LogP contribution in [0.15, 0.2) is 24.3 Å². The number of halogens is 1. The summed E-state index contributed by atoms with van der Waals surface area (Å²) in [6.45, 7) is 3.61. The highest BCUT2D eigenvalue weighted by molar-refractivity contribution is 7.17. The van der Waals surface area contributed by atoms with Gasteiger partial charge in [-0.05, 0) is 81.8 Å². The zero-order valence-corrected chi connectivity index (χ0v) is 20.9. The molecule has 1 aliphatic carbocycles. The molecule has 2 N–H and O–H groups in total. The summed E-state index contributed by atoms with van der Waals surface area (Å²) in [5, 5.41) is 7.14. The number of fused-ring (bicyclic) bond motifs is 1. The fraction of sp³-hybridized carbons (Fsp3) is 0.480. The van der Waals surface area contributed by atoms with E-state index in [1.807, 2.05) is 4.90 Å². The molecule has 9 heteroatoms. The van der Waals surface area contributed by atoms with Gasteiger partial charge in [0.2, 0.25) is 5.91 Å². The lowest BCUT2D eigenvalue weighted by Gasteiger charge is -2.30. The fourth-order valence-corrected chi connectivity index (χ4v) is 6.07. The highest BCUT2D eigenvalue weighted by atomic mass is 35.5. The van der Waals surface area contributed by atoms with Crippen molar-refractivity contribution in [3.63, 3.8) is 0 Å². The van der Waals surface area contributed by atoms with Crippen molar-refractivity contribution in [1.29, 1.82) is 0 Å². The maximum atomic E-state index is 13.3. The number of thiophene rings is 1. The zero-order chi connectivity index (χ0) is 24.1. The molecule has 2 aliphatic rings. The number of aryl methyl sites for hydroxylation is 1. The summed E-state index contributed by atoms with van der Waals surface area (Å²) in [5.74, 6) is -0.794. The summed E-state index contributed by atoms with van der Waals surface area (Å²) < 4.78 is 5.16. The third kappa shape index (κ3) is 5.98. The molecule has 1 aliphatic heterocycles. The molecule has 0 radical (unpaired) electrons. The summed E-state index contributed by atoms with van der Waals surface area (Å²) in [4.78, 5) is 41.5. The second-order valence-corrected chi connectivity index (χ2v) is 10.3. The van der Waals surface area contributed by atoms with E-state index in [1.54, 1.807) is 31.2 Å². The highest BCUT2D eigenvalue weighted by Gasteiger charge is 2.29. The molecule has 4 rings (SSSR count). The van der Waals surface area contributed by atoms with Crippen molar-refractivity contribution in [2.45, 2.75) is 45.4 Å². The van der Waals surface area contributed by atoms with E-state index in [2.05, 4.69) is 10.6 Å². The number of ether oxygens (including phenoxy) is 1. The number of nitrogens with zero attached hydrogens (tertiary/aromatic N) is 1. The van der Waals surface area contributed by atoms with Gasteiger partial charge in [-0.25, -0.2) is 0 Å². The minimum Gasteiger partial charge on any atom is -0.466 e. The third-order valence-corrected chi connectivity index (χ3v) is 7.71. The first kappa shape index (κ1) is 24.7. The van der Waals surface area contributed by atoms with E-state index in [4.69, 9.17) is 16.3 Å². The molecule has 1 saturated heterocycles. The highest BCUT2D eigenvalue weighted by Crippen LogP contribution is 2.38. The van der Waals surface area contributed by atoms with E-state index in [1.165, 1.54) is 16.2 Å². The van der Waals surface area contributed by atoms with Crippen LogP contribution in [0.3, 0.4) is 0 Å². The lowest BCUT2D eigenvalue weighted by Crippen LogP contribution is -2.43. The Balaban J connectivity index is 1.46. The van der Waals surface area contributed by atoms with Crippen LogP contribution in [0, 0.1) is 5.92 Å².